The van der Waals surface area contributed by atoms with Gasteiger partial charge in [-0.05, 0) is 29.8 Å². The highest BCUT2D eigenvalue weighted by Crippen LogP contribution is 2.28. The van der Waals surface area contributed by atoms with Crippen molar-refractivity contribution in [3.63, 3.8) is 0 Å². The zero-order valence-electron chi connectivity index (χ0n) is 12.3. The summed E-state index contributed by atoms with van der Waals surface area (Å²) in [5.74, 6) is -0.0503. The number of hydrogen-bond donors (Lipinski definition) is 1. The van der Waals surface area contributed by atoms with Crippen molar-refractivity contribution < 1.29 is 4.79 Å². The first-order chi connectivity index (χ1) is 10.0. The largest absolute Gasteiger partial charge is 0.341 e. The molecule has 0 bridgehead atoms. The quantitative estimate of drug-likeness (QED) is 0.905. The van der Waals surface area contributed by atoms with E-state index in [4.69, 9.17) is 5.73 Å². The lowest BCUT2D eigenvalue weighted by atomic mass is 9.90. The summed E-state index contributed by atoms with van der Waals surface area (Å²) in [4.78, 5) is 31.3. The predicted molar refractivity (Wildman–Crippen MR) is 89.5 cm³/mol. The van der Waals surface area contributed by atoms with Crippen molar-refractivity contribution in [1.29, 1.82) is 0 Å². The maximum atomic E-state index is 12.3. The Morgan fingerprint density at radius 1 is 1.55 bits per heavy atom. The number of rotatable bonds is 3. The number of likely N-dealkylation sites (tertiary alicyclic amines) is 1. The molecule has 3 heterocycles. The summed E-state index contributed by atoms with van der Waals surface area (Å²) in [5, 5.41) is 2.40. The molecule has 3 rings (SSSR count). The Balaban J connectivity index is 0.00000176. The fourth-order valence-corrected chi connectivity index (χ4v) is 3.38. The van der Waals surface area contributed by atoms with Gasteiger partial charge in [0.05, 0.1) is 11.7 Å². The summed E-state index contributed by atoms with van der Waals surface area (Å²) >= 11 is 1.42. The Kier molecular flexibility index (Phi) is 4.89. The summed E-state index contributed by atoms with van der Waals surface area (Å²) < 4.78 is 1.38. The molecule has 2 aromatic rings. The van der Waals surface area contributed by atoms with Crippen molar-refractivity contribution >= 4 is 39.9 Å². The summed E-state index contributed by atoms with van der Waals surface area (Å²) in [5.41, 5.74) is 5.59. The SMILES string of the molecule is CC1(CN)CCN(C(=O)Cn2cnc3sccc3c2=O)C1.Cl. The van der Waals surface area contributed by atoms with Crippen molar-refractivity contribution in [2.24, 2.45) is 11.1 Å². The summed E-state index contributed by atoms with van der Waals surface area (Å²) in [7, 11) is 0. The standard InChI is InChI=1S/C14H18N4O2S.ClH/c1-14(7-15)3-4-17(8-14)11(19)6-18-9-16-12-10(13(18)20)2-5-21-12;/h2,5,9H,3-4,6-8,15H2,1H3;1H. The molecule has 0 spiro atoms. The maximum Gasteiger partial charge on any atom is 0.262 e. The molecule has 1 saturated heterocycles. The van der Waals surface area contributed by atoms with Gasteiger partial charge in [0.2, 0.25) is 5.91 Å². The van der Waals surface area contributed by atoms with Crippen LogP contribution in [0.1, 0.15) is 13.3 Å². The number of aromatic nitrogens is 2. The van der Waals surface area contributed by atoms with E-state index in [2.05, 4.69) is 11.9 Å². The molecule has 2 aromatic heterocycles. The minimum Gasteiger partial charge on any atom is -0.341 e. The van der Waals surface area contributed by atoms with Crippen LogP contribution in [-0.2, 0) is 11.3 Å². The van der Waals surface area contributed by atoms with E-state index in [0.29, 0.717) is 29.9 Å². The highest BCUT2D eigenvalue weighted by atomic mass is 35.5. The van der Waals surface area contributed by atoms with Crippen LogP contribution < -0.4 is 11.3 Å². The first-order valence-electron chi connectivity index (χ1n) is 6.93. The van der Waals surface area contributed by atoms with Crippen LogP contribution in [0.5, 0.6) is 0 Å². The number of hydrogen-bond acceptors (Lipinski definition) is 5. The Morgan fingerprint density at radius 3 is 3.00 bits per heavy atom. The van der Waals surface area contributed by atoms with Crippen molar-refractivity contribution in [1.82, 2.24) is 14.5 Å². The fraction of sp³-hybridized carbons (Fsp3) is 0.500. The van der Waals surface area contributed by atoms with Crippen molar-refractivity contribution in [2.75, 3.05) is 19.6 Å². The zero-order valence-corrected chi connectivity index (χ0v) is 14.0. The number of fused-ring (bicyclic) bond motifs is 1. The van der Waals surface area contributed by atoms with Crippen LogP contribution in [0, 0.1) is 5.41 Å². The second kappa shape index (κ2) is 6.36. The van der Waals surface area contributed by atoms with Gasteiger partial charge in [-0.3, -0.25) is 14.2 Å². The van der Waals surface area contributed by atoms with E-state index in [1.54, 1.807) is 11.0 Å². The molecule has 0 aliphatic carbocycles. The molecule has 1 unspecified atom stereocenters. The molecule has 1 aliphatic heterocycles. The molecule has 1 atom stereocenters. The molecule has 0 saturated carbocycles. The van der Waals surface area contributed by atoms with Crippen LogP contribution in [-0.4, -0.2) is 40.0 Å². The van der Waals surface area contributed by atoms with Crippen LogP contribution in [0.3, 0.4) is 0 Å². The second-order valence-electron chi connectivity index (χ2n) is 5.90. The third-order valence-corrected chi connectivity index (χ3v) is 4.98. The van der Waals surface area contributed by atoms with Gasteiger partial charge in [0, 0.05) is 13.1 Å². The minimum absolute atomic E-state index is 0. The van der Waals surface area contributed by atoms with Crippen molar-refractivity contribution in [2.45, 2.75) is 19.9 Å². The number of carbonyl (C=O) groups is 1. The van der Waals surface area contributed by atoms with Crippen LogP contribution >= 0.6 is 23.7 Å². The van der Waals surface area contributed by atoms with Crippen LogP contribution in [0.15, 0.2) is 22.6 Å². The third-order valence-electron chi connectivity index (χ3n) is 4.16. The predicted octanol–water partition coefficient (Wildman–Crippen LogP) is 1.08. The van der Waals surface area contributed by atoms with Crippen LogP contribution in [0.25, 0.3) is 10.2 Å². The van der Waals surface area contributed by atoms with Crippen LogP contribution in [0.4, 0.5) is 0 Å². The minimum atomic E-state index is -0.157. The average molecular weight is 343 g/mol. The Morgan fingerprint density at radius 2 is 2.32 bits per heavy atom. The van der Waals surface area contributed by atoms with Crippen molar-refractivity contribution in [3.05, 3.63) is 28.1 Å². The van der Waals surface area contributed by atoms with Crippen molar-refractivity contribution in [3.8, 4) is 0 Å². The highest BCUT2D eigenvalue weighted by Gasteiger charge is 2.34. The average Bonchev–Trinajstić information content (AvgIpc) is 3.09. The fourth-order valence-electron chi connectivity index (χ4n) is 2.65. The third kappa shape index (κ3) is 3.02. The smallest absolute Gasteiger partial charge is 0.262 e. The lowest BCUT2D eigenvalue weighted by Crippen LogP contribution is -2.37. The van der Waals surface area contributed by atoms with Gasteiger partial charge in [-0.2, -0.15) is 0 Å². The Hall–Kier alpha value is -1.44. The van der Waals surface area contributed by atoms with E-state index in [1.165, 1.54) is 22.2 Å². The summed E-state index contributed by atoms with van der Waals surface area (Å²) in [6, 6.07) is 1.75. The molecule has 1 fully saturated rings. The van der Waals surface area contributed by atoms with Gasteiger partial charge in [0.15, 0.2) is 0 Å². The number of nitrogens with two attached hydrogens (primary N) is 1. The van der Waals surface area contributed by atoms with E-state index < -0.39 is 0 Å². The molecule has 6 nitrogen and oxygen atoms in total. The first-order valence-corrected chi connectivity index (χ1v) is 7.81. The molecule has 0 aromatic carbocycles. The molecule has 2 N–H and O–H groups in total. The van der Waals surface area contributed by atoms with E-state index >= 15 is 0 Å². The van der Waals surface area contributed by atoms with E-state index in [0.717, 1.165) is 6.42 Å². The molecule has 8 heteroatoms. The van der Waals surface area contributed by atoms with Crippen LogP contribution in [0.2, 0.25) is 0 Å². The molecule has 120 valence electrons. The van der Waals surface area contributed by atoms with E-state index in [1.807, 2.05) is 5.38 Å². The van der Waals surface area contributed by atoms with Gasteiger partial charge in [0.25, 0.3) is 5.56 Å². The van der Waals surface area contributed by atoms with Gasteiger partial charge in [0.1, 0.15) is 11.4 Å². The molecule has 1 aliphatic rings. The molecular formula is C14H19ClN4O2S. The maximum absolute atomic E-state index is 12.3. The molecule has 1 amide bonds. The lowest BCUT2D eigenvalue weighted by molar-refractivity contribution is -0.131. The normalized spacial score (nSPS) is 21.1. The van der Waals surface area contributed by atoms with Gasteiger partial charge >= 0.3 is 0 Å². The first kappa shape index (κ1) is 16.9. The molecule has 22 heavy (non-hydrogen) atoms. The second-order valence-corrected chi connectivity index (χ2v) is 6.79. The zero-order chi connectivity index (χ0) is 15.0. The molecule has 0 radical (unpaired) electrons. The highest BCUT2D eigenvalue weighted by molar-refractivity contribution is 7.16. The summed E-state index contributed by atoms with van der Waals surface area (Å²) in [6.07, 6.45) is 2.36. The molecular weight excluding hydrogens is 324 g/mol. The topological polar surface area (TPSA) is 81.2 Å². The number of carbonyl (C=O) groups excluding carboxylic acids is 1. The number of amides is 1. The Bertz CT molecular complexity index is 744. The number of halogens is 1. The van der Waals surface area contributed by atoms with Gasteiger partial charge in [-0.1, -0.05) is 6.92 Å². The van der Waals surface area contributed by atoms with Gasteiger partial charge in [-0.15, -0.1) is 23.7 Å². The van der Waals surface area contributed by atoms with E-state index in [-0.39, 0.29) is 35.8 Å². The van der Waals surface area contributed by atoms with E-state index in [9.17, 15) is 9.59 Å². The summed E-state index contributed by atoms with van der Waals surface area (Å²) in [6.45, 7) is 4.06. The monoisotopic (exact) mass is 342 g/mol. The number of nitrogens with zero attached hydrogens (tertiary/aromatic N) is 3. The van der Waals surface area contributed by atoms with Gasteiger partial charge in [-0.25, -0.2) is 4.98 Å². The Labute approximate surface area is 138 Å². The number of thiophene rings is 1. The lowest BCUT2D eigenvalue weighted by Gasteiger charge is -2.22. The van der Waals surface area contributed by atoms with Gasteiger partial charge < -0.3 is 10.6 Å².